The van der Waals surface area contributed by atoms with Crippen LogP contribution in [0.3, 0.4) is 0 Å². The molecule has 104 valence electrons. The topological polar surface area (TPSA) is 42.1 Å². The number of anilines is 1. The standard InChI is InChI=1S/C16H18ClN3/c17-14-5-1-6-15(18)13(14)11-20-9-3-7-16(20)12-4-2-8-19-10-12/h1-2,4-6,8,10,16H,3,7,9,11,18H2. The van der Waals surface area contributed by atoms with Gasteiger partial charge in [0.1, 0.15) is 0 Å². The van der Waals surface area contributed by atoms with Crippen LogP contribution in [0.2, 0.25) is 5.02 Å². The SMILES string of the molecule is Nc1cccc(Cl)c1CN1CCCC1c1cccnc1. The zero-order valence-corrected chi connectivity index (χ0v) is 12.1. The molecule has 1 unspecified atom stereocenters. The van der Waals surface area contributed by atoms with Gasteiger partial charge >= 0.3 is 0 Å². The molecule has 4 heteroatoms. The van der Waals surface area contributed by atoms with Crippen molar-refractivity contribution in [3.05, 3.63) is 58.9 Å². The first-order chi connectivity index (χ1) is 9.75. The number of nitrogens with zero attached hydrogens (tertiary/aromatic N) is 2. The van der Waals surface area contributed by atoms with E-state index in [4.69, 9.17) is 17.3 Å². The number of hydrogen-bond acceptors (Lipinski definition) is 3. The maximum absolute atomic E-state index is 6.28. The lowest BCUT2D eigenvalue weighted by Crippen LogP contribution is -2.23. The molecule has 0 aliphatic carbocycles. The Balaban J connectivity index is 1.83. The van der Waals surface area contributed by atoms with E-state index in [0.717, 1.165) is 35.8 Å². The van der Waals surface area contributed by atoms with E-state index in [0.29, 0.717) is 6.04 Å². The largest absolute Gasteiger partial charge is 0.398 e. The van der Waals surface area contributed by atoms with Crippen LogP contribution < -0.4 is 5.73 Å². The summed E-state index contributed by atoms with van der Waals surface area (Å²) < 4.78 is 0. The molecule has 0 saturated carbocycles. The number of rotatable bonds is 3. The van der Waals surface area contributed by atoms with Crippen LogP contribution >= 0.6 is 11.6 Å². The molecule has 3 rings (SSSR count). The average molecular weight is 288 g/mol. The summed E-state index contributed by atoms with van der Waals surface area (Å²) in [5.41, 5.74) is 9.14. The lowest BCUT2D eigenvalue weighted by atomic mass is 10.1. The minimum Gasteiger partial charge on any atom is -0.398 e. The van der Waals surface area contributed by atoms with Crippen LogP contribution in [-0.4, -0.2) is 16.4 Å². The van der Waals surface area contributed by atoms with Crippen LogP contribution in [0.5, 0.6) is 0 Å². The molecule has 20 heavy (non-hydrogen) atoms. The fraction of sp³-hybridized carbons (Fsp3) is 0.312. The van der Waals surface area contributed by atoms with E-state index in [1.165, 1.54) is 12.0 Å². The van der Waals surface area contributed by atoms with Gasteiger partial charge in [0.15, 0.2) is 0 Å². The highest BCUT2D eigenvalue weighted by Crippen LogP contribution is 2.34. The van der Waals surface area contributed by atoms with Crippen molar-refractivity contribution in [1.82, 2.24) is 9.88 Å². The van der Waals surface area contributed by atoms with Gasteiger partial charge in [0, 0.05) is 41.3 Å². The van der Waals surface area contributed by atoms with Gasteiger partial charge in [0.25, 0.3) is 0 Å². The molecule has 0 spiro atoms. The van der Waals surface area contributed by atoms with Crippen LogP contribution in [0.1, 0.15) is 30.0 Å². The van der Waals surface area contributed by atoms with E-state index in [-0.39, 0.29) is 0 Å². The summed E-state index contributed by atoms with van der Waals surface area (Å²) in [7, 11) is 0. The smallest absolute Gasteiger partial charge is 0.0471 e. The number of halogens is 1. The molecule has 1 aliphatic heterocycles. The number of benzene rings is 1. The van der Waals surface area contributed by atoms with Crippen LogP contribution in [0.4, 0.5) is 5.69 Å². The Morgan fingerprint density at radius 3 is 2.95 bits per heavy atom. The molecule has 1 aromatic heterocycles. The zero-order valence-electron chi connectivity index (χ0n) is 11.3. The molecule has 1 atom stereocenters. The summed E-state index contributed by atoms with van der Waals surface area (Å²) in [5, 5.41) is 0.752. The van der Waals surface area contributed by atoms with Crippen molar-refractivity contribution in [2.75, 3.05) is 12.3 Å². The molecule has 2 aromatic rings. The Labute approximate surface area is 124 Å². The lowest BCUT2D eigenvalue weighted by molar-refractivity contribution is 0.248. The Bertz CT molecular complexity index is 565. The first-order valence-corrected chi connectivity index (χ1v) is 7.30. The van der Waals surface area contributed by atoms with Gasteiger partial charge in [-0.05, 0) is 43.1 Å². The van der Waals surface area contributed by atoms with Crippen LogP contribution in [0.15, 0.2) is 42.7 Å². The zero-order chi connectivity index (χ0) is 13.9. The summed E-state index contributed by atoms with van der Waals surface area (Å²) in [4.78, 5) is 6.67. The summed E-state index contributed by atoms with van der Waals surface area (Å²) >= 11 is 6.28. The summed E-state index contributed by atoms with van der Waals surface area (Å²) in [6.07, 6.45) is 6.13. The second-order valence-electron chi connectivity index (χ2n) is 5.22. The quantitative estimate of drug-likeness (QED) is 0.876. The predicted octanol–water partition coefficient (Wildman–Crippen LogP) is 3.65. The molecular formula is C16H18ClN3. The predicted molar refractivity (Wildman–Crippen MR) is 82.5 cm³/mol. The van der Waals surface area contributed by atoms with E-state index in [1.807, 2.05) is 36.7 Å². The summed E-state index contributed by atoms with van der Waals surface area (Å²) in [6, 6.07) is 10.3. The van der Waals surface area contributed by atoms with Crippen molar-refractivity contribution < 1.29 is 0 Å². The second kappa shape index (κ2) is 5.81. The molecular weight excluding hydrogens is 270 g/mol. The van der Waals surface area contributed by atoms with E-state index in [2.05, 4.69) is 16.0 Å². The van der Waals surface area contributed by atoms with Gasteiger partial charge in [0.2, 0.25) is 0 Å². The number of hydrogen-bond donors (Lipinski definition) is 1. The Morgan fingerprint density at radius 1 is 1.30 bits per heavy atom. The van der Waals surface area contributed by atoms with E-state index >= 15 is 0 Å². The minimum absolute atomic E-state index is 0.416. The third kappa shape index (κ3) is 2.65. The number of nitrogens with two attached hydrogens (primary N) is 1. The van der Waals surface area contributed by atoms with Gasteiger partial charge in [0.05, 0.1) is 0 Å². The van der Waals surface area contributed by atoms with Crippen molar-refractivity contribution in [2.45, 2.75) is 25.4 Å². The van der Waals surface area contributed by atoms with Crippen LogP contribution in [0.25, 0.3) is 0 Å². The van der Waals surface area contributed by atoms with Crippen molar-refractivity contribution >= 4 is 17.3 Å². The van der Waals surface area contributed by atoms with E-state index in [9.17, 15) is 0 Å². The molecule has 0 bridgehead atoms. The summed E-state index contributed by atoms with van der Waals surface area (Å²) in [6.45, 7) is 1.87. The number of aromatic nitrogens is 1. The molecule has 0 radical (unpaired) electrons. The van der Waals surface area contributed by atoms with Gasteiger partial charge < -0.3 is 5.73 Å². The normalized spacial score (nSPS) is 19.4. The first-order valence-electron chi connectivity index (χ1n) is 6.92. The number of likely N-dealkylation sites (tertiary alicyclic amines) is 1. The highest BCUT2D eigenvalue weighted by Gasteiger charge is 2.27. The highest BCUT2D eigenvalue weighted by atomic mass is 35.5. The van der Waals surface area contributed by atoms with Crippen molar-refractivity contribution in [3.63, 3.8) is 0 Å². The van der Waals surface area contributed by atoms with Crippen molar-refractivity contribution in [3.8, 4) is 0 Å². The molecule has 1 aromatic carbocycles. The van der Waals surface area contributed by atoms with Gasteiger partial charge in [-0.25, -0.2) is 0 Å². The minimum atomic E-state index is 0.416. The fourth-order valence-corrected chi connectivity index (χ4v) is 3.15. The Kier molecular flexibility index (Phi) is 3.90. The second-order valence-corrected chi connectivity index (χ2v) is 5.63. The number of nitrogen functional groups attached to an aromatic ring is 1. The third-order valence-electron chi connectivity index (χ3n) is 3.95. The molecule has 1 fully saturated rings. The monoisotopic (exact) mass is 287 g/mol. The first kappa shape index (κ1) is 13.4. The fourth-order valence-electron chi connectivity index (χ4n) is 2.91. The highest BCUT2D eigenvalue weighted by molar-refractivity contribution is 6.31. The van der Waals surface area contributed by atoms with E-state index in [1.54, 1.807) is 0 Å². The summed E-state index contributed by atoms with van der Waals surface area (Å²) in [5.74, 6) is 0. The third-order valence-corrected chi connectivity index (χ3v) is 4.30. The van der Waals surface area contributed by atoms with Crippen molar-refractivity contribution in [2.24, 2.45) is 0 Å². The van der Waals surface area contributed by atoms with E-state index < -0.39 is 0 Å². The van der Waals surface area contributed by atoms with Crippen LogP contribution in [-0.2, 0) is 6.54 Å². The Hall–Kier alpha value is -1.58. The van der Waals surface area contributed by atoms with Crippen molar-refractivity contribution in [1.29, 1.82) is 0 Å². The average Bonchev–Trinajstić information content (AvgIpc) is 2.92. The molecule has 2 heterocycles. The maximum atomic E-state index is 6.28. The molecule has 1 aliphatic rings. The Morgan fingerprint density at radius 2 is 2.20 bits per heavy atom. The lowest BCUT2D eigenvalue weighted by Gasteiger charge is -2.25. The van der Waals surface area contributed by atoms with Crippen LogP contribution in [0, 0.1) is 0 Å². The molecule has 1 saturated heterocycles. The van der Waals surface area contributed by atoms with Gasteiger partial charge in [-0.2, -0.15) is 0 Å². The molecule has 3 nitrogen and oxygen atoms in total. The van der Waals surface area contributed by atoms with Gasteiger partial charge in [-0.1, -0.05) is 23.7 Å². The van der Waals surface area contributed by atoms with Gasteiger partial charge in [-0.3, -0.25) is 9.88 Å². The number of pyridine rings is 1. The van der Waals surface area contributed by atoms with Gasteiger partial charge in [-0.15, -0.1) is 0 Å². The molecule has 2 N–H and O–H groups in total. The molecule has 0 amide bonds. The maximum Gasteiger partial charge on any atom is 0.0471 e.